The molecule has 0 aliphatic heterocycles. The Morgan fingerprint density at radius 2 is 1.85 bits per heavy atom. The Kier molecular flexibility index (Phi) is 7.17. The van der Waals surface area contributed by atoms with Crippen molar-refractivity contribution in [2.24, 2.45) is 0 Å². The van der Waals surface area contributed by atoms with Gasteiger partial charge in [-0.3, -0.25) is 4.79 Å². The summed E-state index contributed by atoms with van der Waals surface area (Å²) < 4.78 is 12.5. The lowest BCUT2D eigenvalue weighted by Crippen LogP contribution is -2.23. The zero-order valence-corrected chi connectivity index (χ0v) is 19.5. The SMILES string of the molecule is CCc1c(C(=O)NCc2ccc(OCc3cccc(C)c3)cc2)cnn1-c1ccc(OC)nn1. The molecule has 8 nitrogen and oxygen atoms in total. The summed E-state index contributed by atoms with van der Waals surface area (Å²) in [5, 5.41) is 15.4. The van der Waals surface area contributed by atoms with Crippen LogP contribution in [-0.2, 0) is 19.6 Å². The van der Waals surface area contributed by atoms with Crippen LogP contribution in [0.25, 0.3) is 5.82 Å². The highest BCUT2D eigenvalue weighted by Crippen LogP contribution is 2.17. The van der Waals surface area contributed by atoms with Crippen molar-refractivity contribution in [1.82, 2.24) is 25.3 Å². The molecule has 0 bridgehead atoms. The molecule has 0 saturated heterocycles. The van der Waals surface area contributed by atoms with Crippen molar-refractivity contribution < 1.29 is 14.3 Å². The Hall–Kier alpha value is -4.20. The van der Waals surface area contributed by atoms with Gasteiger partial charge in [0.2, 0.25) is 5.88 Å². The summed E-state index contributed by atoms with van der Waals surface area (Å²) in [6.07, 6.45) is 2.17. The van der Waals surface area contributed by atoms with Gasteiger partial charge in [-0.1, -0.05) is 48.9 Å². The molecule has 2 aromatic carbocycles. The molecule has 2 aromatic heterocycles. The summed E-state index contributed by atoms with van der Waals surface area (Å²) >= 11 is 0. The highest BCUT2D eigenvalue weighted by molar-refractivity contribution is 5.95. The van der Waals surface area contributed by atoms with Crippen molar-refractivity contribution in [2.45, 2.75) is 33.4 Å². The van der Waals surface area contributed by atoms with Gasteiger partial charge < -0.3 is 14.8 Å². The van der Waals surface area contributed by atoms with Gasteiger partial charge in [0, 0.05) is 12.6 Å². The maximum atomic E-state index is 12.9. The zero-order chi connectivity index (χ0) is 23.9. The maximum Gasteiger partial charge on any atom is 0.255 e. The van der Waals surface area contributed by atoms with Gasteiger partial charge in [-0.2, -0.15) is 5.10 Å². The third-order valence-electron chi connectivity index (χ3n) is 5.36. The van der Waals surface area contributed by atoms with Crippen LogP contribution in [0.5, 0.6) is 11.6 Å². The fourth-order valence-electron chi connectivity index (χ4n) is 3.59. The molecule has 0 aliphatic rings. The predicted molar refractivity (Wildman–Crippen MR) is 128 cm³/mol. The number of carbonyl (C=O) groups excluding carboxylic acids is 1. The Balaban J connectivity index is 1.36. The second kappa shape index (κ2) is 10.6. The number of hydrogen-bond donors (Lipinski definition) is 1. The highest BCUT2D eigenvalue weighted by atomic mass is 16.5. The monoisotopic (exact) mass is 457 g/mol. The first kappa shape index (κ1) is 23.0. The molecule has 1 N–H and O–H groups in total. The molecular formula is C26H27N5O3. The molecule has 4 aromatic rings. The van der Waals surface area contributed by atoms with Crippen molar-refractivity contribution in [3.8, 4) is 17.4 Å². The van der Waals surface area contributed by atoms with Gasteiger partial charge in [-0.15, -0.1) is 10.2 Å². The molecule has 2 heterocycles. The highest BCUT2D eigenvalue weighted by Gasteiger charge is 2.18. The normalized spacial score (nSPS) is 10.7. The third-order valence-corrected chi connectivity index (χ3v) is 5.36. The summed E-state index contributed by atoms with van der Waals surface area (Å²) in [6, 6.07) is 19.4. The molecule has 1 amide bonds. The van der Waals surface area contributed by atoms with Crippen molar-refractivity contribution in [2.75, 3.05) is 7.11 Å². The molecule has 0 unspecified atom stereocenters. The van der Waals surface area contributed by atoms with Crippen molar-refractivity contribution in [1.29, 1.82) is 0 Å². The molecule has 8 heteroatoms. The molecule has 0 spiro atoms. The molecule has 0 fully saturated rings. The molecule has 0 radical (unpaired) electrons. The van der Waals surface area contributed by atoms with E-state index in [9.17, 15) is 4.79 Å². The fraction of sp³-hybridized carbons (Fsp3) is 0.231. The van der Waals surface area contributed by atoms with Crippen molar-refractivity contribution in [3.05, 3.63) is 94.8 Å². The van der Waals surface area contributed by atoms with E-state index in [4.69, 9.17) is 9.47 Å². The summed E-state index contributed by atoms with van der Waals surface area (Å²) in [7, 11) is 1.53. The minimum absolute atomic E-state index is 0.190. The Morgan fingerprint density at radius 1 is 1.03 bits per heavy atom. The van der Waals surface area contributed by atoms with E-state index in [1.165, 1.54) is 12.7 Å². The van der Waals surface area contributed by atoms with Crippen LogP contribution in [0.4, 0.5) is 0 Å². The lowest BCUT2D eigenvalue weighted by Gasteiger charge is -2.10. The van der Waals surface area contributed by atoms with Gasteiger partial charge in [0.15, 0.2) is 5.82 Å². The Morgan fingerprint density at radius 3 is 2.53 bits per heavy atom. The first-order chi connectivity index (χ1) is 16.6. The minimum atomic E-state index is -0.190. The van der Waals surface area contributed by atoms with Crippen LogP contribution in [0.1, 0.15) is 39.7 Å². The largest absolute Gasteiger partial charge is 0.489 e. The van der Waals surface area contributed by atoms with E-state index in [1.54, 1.807) is 23.0 Å². The molecule has 34 heavy (non-hydrogen) atoms. The second-order valence-corrected chi connectivity index (χ2v) is 7.81. The average molecular weight is 458 g/mol. The summed E-state index contributed by atoms with van der Waals surface area (Å²) in [4.78, 5) is 12.9. The van der Waals surface area contributed by atoms with E-state index in [2.05, 4.69) is 39.7 Å². The fourth-order valence-corrected chi connectivity index (χ4v) is 3.59. The number of methoxy groups -OCH3 is 1. The zero-order valence-electron chi connectivity index (χ0n) is 19.5. The smallest absolute Gasteiger partial charge is 0.255 e. The lowest BCUT2D eigenvalue weighted by atomic mass is 10.1. The van der Waals surface area contributed by atoms with Gasteiger partial charge in [0.25, 0.3) is 5.91 Å². The number of nitrogens with one attached hydrogen (secondary N) is 1. The van der Waals surface area contributed by atoms with Crippen LogP contribution in [-0.4, -0.2) is 33.0 Å². The molecule has 0 aliphatic carbocycles. The number of benzene rings is 2. The van der Waals surface area contributed by atoms with Crippen LogP contribution in [0.15, 0.2) is 66.9 Å². The maximum absolute atomic E-state index is 12.9. The lowest BCUT2D eigenvalue weighted by molar-refractivity contribution is 0.0950. The number of rotatable bonds is 9. The number of hydrogen-bond acceptors (Lipinski definition) is 6. The standard InChI is InChI=1S/C26H27N5O3/c1-4-23-22(16-28-31(23)24-12-13-25(33-3)30-29-24)26(32)27-15-19-8-10-21(11-9-19)34-17-20-7-5-6-18(2)14-20/h5-14,16H,4,15,17H2,1-3H3,(H,27,32). The summed E-state index contributed by atoms with van der Waals surface area (Å²) in [5.74, 6) is 1.53. The Labute approximate surface area is 198 Å². The van der Waals surface area contributed by atoms with E-state index in [1.807, 2.05) is 43.3 Å². The van der Waals surface area contributed by atoms with Crippen molar-refractivity contribution >= 4 is 5.91 Å². The molecule has 0 saturated carbocycles. The van der Waals surface area contributed by atoms with E-state index in [0.717, 1.165) is 22.6 Å². The first-order valence-electron chi connectivity index (χ1n) is 11.1. The van der Waals surface area contributed by atoms with E-state index < -0.39 is 0 Å². The Bertz CT molecular complexity index is 1250. The second-order valence-electron chi connectivity index (χ2n) is 7.81. The number of amides is 1. The first-order valence-corrected chi connectivity index (χ1v) is 11.1. The van der Waals surface area contributed by atoms with Gasteiger partial charge in [-0.25, -0.2) is 4.68 Å². The van der Waals surface area contributed by atoms with Crippen LogP contribution >= 0.6 is 0 Å². The summed E-state index contributed by atoms with van der Waals surface area (Å²) in [5.41, 5.74) is 4.59. The summed E-state index contributed by atoms with van der Waals surface area (Å²) in [6.45, 7) is 4.94. The van der Waals surface area contributed by atoms with E-state index in [-0.39, 0.29) is 5.91 Å². The molecular weight excluding hydrogens is 430 g/mol. The third kappa shape index (κ3) is 5.40. The van der Waals surface area contributed by atoms with E-state index >= 15 is 0 Å². The predicted octanol–water partition coefficient (Wildman–Crippen LogP) is 4.05. The number of aromatic nitrogens is 4. The topological polar surface area (TPSA) is 91.2 Å². The molecule has 0 atom stereocenters. The number of nitrogens with zero attached hydrogens (tertiary/aromatic N) is 4. The van der Waals surface area contributed by atoms with Gasteiger partial charge in [0.05, 0.1) is 24.6 Å². The van der Waals surface area contributed by atoms with Gasteiger partial charge in [0.1, 0.15) is 12.4 Å². The number of aryl methyl sites for hydroxylation is 1. The quantitative estimate of drug-likeness (QED) is 0.408. The molecule has 174 valence electrons. The van der Waals surface area contributed by atoms with Gasteiger partial charge >= 0.3 is 0 Å². The average Bonchev–Trinajstić information content (AvgIpc) is 3.31. The van der Waals surface area contributed by atoms with Gasteiger partial charge in [-0.05, 0) is 42.7 Å². The number of carbonyl (C=O) groups is 1. The van der Waals surface area contributed by atoms with Crippen LogP contribution < -0.4 is 14.8 Å². The van der Waals surface area contributed by atoms with Crippen LogP contribution in [0, 0.1) is 6.92 Å². The molecule has 4 rings (SSSR count). The minimum Gasteiger partial charge on any atom is -0.489 e. The van der Waals surface area contributed by atoms with Crippen LogP contribution in [0.3, 0.4) is 0 Å². The van der Waals surface area contributed by atoms with E-state index in [0.29, 0.717) is 36.8 Å². The number of ether oxygens (including phenoxy) is 2. The van der Waals surface area contributed by atoms with Crippen LogP contribution in [0.2, 0.25) is 0 Å². The van der Waals surface area contributed by atoms with Crippen molar-refractivity contribution in [3.63, 3.8) is 0 Å².